The standard InChI is InChI=1S/C8H7ClFIO/c1-2-12-8-6(10)3-5(9)4-7(8)11/h3-4H,2H2,1H3. The highest BCUT2D eigenvalue weighted by atomic mass is 127. The second kappa shape index (κ2) is 4.28. The molecule has 0 saturated heterocycles. The molecule has 0 amide bonds. The molecule has 0 N–H and O–H groups in total. The minimum Gasteiger partial charge on any atom is -0.490 e. The molecular weight excluding hydrogens is 293 g/mol. The maximum Gasteiger partial charge on any atom is 0.168 e. The zero-order valence-electron chi connectivity index (χ0n) is 6.40. The Morgan fingerprint density at radius 3 is 2.75 bits per heavy atom. The Bertz CT molecular complexity index is 267. The molecule has 1 aromatic carbocycles. The molecule has 0 saturated carbocycles. The highest BCUT2D eigenvalue weighted by Crippen LogP contribution is 2.28. The predicted octanol–water partition coefficient (Wildman–Crippen LogP) is 3.48. The summed E-state index contributed by atoms with van der Waals surface area (Å²) in [5.74, 6) is -0.128. The molecule has 12 heavy (non-hydrogen) atoms. The van der Waals surface area contributed by atoms with Crippen molar-refractivity contribution in [2.45, 2.75) is 6.92 Å². The molecule has 0 spiro atoms. The molecule has 0 aliphatic rings. The maximum atomic E-state index is 13.1. The van der Waals surface area contributed by atoms with Crippen molar-refractivity contribution in [1.29, 1.82) is 0 Å². The van der Waals surface area contributed by atoms with Gasteiger partial charge in [0.05, 0.1) is 10.2 Å². The Balaban J connectivity index is 3.10. The van der Waals surface area contributed by atoms with Gasteiger partial charge in [-0.1, -0.05) is 11.6 Å². The summed E-state index contributed by atoms with van der Waals surface area (Å²) in [6.07, 6.45) is 0. The maximum absolute atomic E-state index is 13.1. The summed E-state index contributed by atoms with van der Waals surface area (Å²) in [6.45, 7) is 2.26. The molecule has 0 fully saturated rings. The van der Waals surface area contributed by atoms with E-state index in [0.29, 0.717) is 15.2 Å². The highest BCUT2D eigenvalue weighted by Gasteiger charge is 2.08. The summed E-state index contributed by atoms with van der Waals surface area (Å²) < 4.78 is 18.9. The minimum absolute atomic E-state index is 0.280. The van der Waals surface area contributed by atoms with Gasteiger partial charge in [-0.3, -0.25) is 0 Å². The Hall–Kier alpha value is -0.0300. The van der Waals surface area contributed by atoms with E-state index in [1.165, 1.54) is 6.07 Å². The Labute approximate surface area is 89.0 Å². The number of hydrogen-bond acceptors (Lipinski definition) is 1. The number of ether oxygens (including phenoxy) is 1. The molecule has 0 bridgehead atoms. The first-order chi connectivity index (χ1) is 5.65. The van der Waals surface area contributed by atoms with Crippen molar-refractivity contribution in [3.05, 3.63) is 26.5 Å². The van der Waals surface area contributed by atoms with Gasteiger partial charge < -0.3 is 4.74 Å². The van der Waals surface area contributed by atoms with Crippen LogP contribution < -0.4 is 4.74 Å². The van der Waals surface area contributed by atoms with E-state index in [1.807, 2.05) is 29.5 Å². The van der Waals surface area contributed by atoms with Crippen molar-refractivity contribution in [3.8, 4) is 5.75 Å². The third-order valence-corrected chi connectivity index (χ3v) is 2.27. The van der Waals surface area contributed by atoms with Gasteiger partial charge in [-0.15, -0.1) is 0 Å². The second-order valence-corrected chi connectivity index (χ2v) is 3.73. The minimum atomic E-state index is -0.409. The quantitative estimate of drug-likeness (QED) is 0.760. The molecule has 0 aliphatic carbocycles. The van der Waals surface area contributed by atoms with E-state index in [4.69, 9.17) is 16.3 Å². The van der Waals surface area contributed by atoms with Gasteiger partial charge in [0, 0.05) is 5.02 Å². The lowest BCUT2D eigenvalue weighted by Gasteiger charge is -2.06. The zero-order valence-corrected chi connectivity index (χ0v) is 9.32. The molecule has 0 aliphatic heterocycles. The highest BCUT2D eigenvalue weighted by molar-refractivity contribution is 14.1. The average Bonchev–Trinajstić information content (AvgIpc) is 1.96. The fraction of sp³-hybridized carbons (Fsp3) is 0.250. The molecule has 0 aromatic heterocycles. The Morgan fingerprint density at radius 2 is 2.25 bits per heavy atom. The molecule has 0 radical (unpaired) electrons. The number of rotatable bonds is 2. The van der Waals surface area contributed by atoms with Crippen LogP contribution in [0.5, 0.6) is 5.75 Å². The molecule has 0 atom stereocenters. The van der Waals surface area contributed by atoms with E-state index >= 15 is 0 Å². The van der Waals surface area contributed by atoms with Gasteiger partial charge in [0.1, 0.15) is 0 Å². The van der Waals surface area contributed by atoms with Gasteiger partial charge in [-0.25, -0.2) is 4.39 Å². The topological polar surface area (TPSA) is 9.23 Å². The molecule has 66 valence electrons. The van der Waals surface area contributed by atoms with Crippen LogP contribution in [0.1, 0.15) is 6.92 Å². The second-order valence-electron chi connectivity index (χ2n) is 2.13. The molecule has 0 heterocycles. The van der Waals surface area contributed by atoms with Crippen LogP contribution in [0.15, 0.2) is 12.1 Å². The van der Waals surface area contributed by atoms with Crippen LogP contribution in [0.25, 0.3) is 0 Å². The number of hydrogen-bond donors (Lipinski definition) is 0. The van der Waals surface area contributed by atoms with Crippen LogP contribution in [0.2, 0.25) is 5.02 Å². The number of benzene rings is 1. The third kappa shape index (κ3) is 2.23. The SMILES string of the molecule is CCOc1c(F)cc(Cl)cc1I. The van der Waals surface area contributed by atoms with Crippen molar-refractivity contribution < 1.29 is 9.13 Å². The lowest BCUT2D eigenvalue weighted by Crippen LogP contribution is -1.96. The molecule has 4 heteroatoms. The van der Waals surface area contributed by atoms with Crippen LogP contribution in [0.4, 0.5) is 4.39 Å². The smallest absolute Gasteiger partial charge is 0.168 e. The van der Waals surface area contributed by atoms with Crippen molar-refractivity contribution in [3.63, 3.8) is 0 Å². The van der Waals surface area contributed by atoms with Gasteiger partial charge >= 0.3 is 0 Å². The molecule has 0 unspecified atom stereocenters. The van der Waals surface area contributed by atoms with Gasteiger partial charge in [0.2, 0.25) is 0 Å². The summed E-state index contributed by atoms with van der Waals surface area (Å²) in [5, 5.41) is 0.389. The van der Waals surface area contributed by atoms with E-state index in [9.17, 15) is 4.39 Å². The molecule has 1 rings (SSSR count). The first-order valence-corrected chi connectivity index (χ1v) is 4.88. The van der Waals surface area contributed by atoms with Crippen molar-refractivity contribution >= 4 is 34.2 Å². The normalized spacial score (nSPS) is 10.0. The number of halogens is 3. The van der Waals surface area contributed by atoms with E-state index in [-0.39, 0.29) is 5.75 Å². The Morgan fingerprint density at radius 1 is 1.58 bits per heavy atom. The lowest BCUT2D eigenvalue weighted by molar-refractivity contribution is 0.319. The van der Waals surface area contributed by atoms with Crippen LogP contribution in [-0.2, 0) is 0 Å². The Kier molecular flexibility index (Phi) is 3.58. The molecular formula is C8H7ClFIO. The third-order valence-electron chi connectivity index (χ3n) is 1.25. The van der Waals surface area contributed by atoms with E-state index < -0.39 is 5.82 Å². The zero-order chi connectivity index (χ0) is 9.14. The summed E-state index contributed by atoms with van der Waals surface area (Å²) in [4.78, 5) is 0. The summed E-state index contributed by atoms with van der Waals surface area (Å²) in [6, 6.07) is 2.91. The molecule has 1 aromatic rings. The van der Waals surface area contributed by atoms with E-state index in [0.717, 1.165) is 0 Å². The molecule has 1 nitrogen and oxygen atoms in total. The first kappa shape index (κ1) is 10.1. The lowest BCUT2D eigenvalue weighted by atomic mass is 10.3. The van der Waals surface area contributed by atoms with Crippen LogP contribution in [-0.4, -0.2) is 6.61 Å². The van der Waals surface area contributed by atoms with E-state index in [1.54, 1.807) is 6.07 Å². The van der Waals surface area contributed by atoms with Gasteiger partial charge in [0.15, 0.2) is 11.6 Å². The average molecular weight is 300 g/mol. The fourth-order valence-corrected chi connectivity index (χ4v) is 1.95. The summed E-state index contributed by atoms with van der Waals surface area (Å²) >= 11 is 7.61. The monoisotopic (exact) mass is 300 g/mol. The van der Waals surface area contributed by atoms with Crippen molar-refractivity contribution in [2.24, 2.45) is 0 Å². The van der Waals surface area contributed by atoms with Crippen LogP contribution in [0, 0.1) is 9.39 Å². The van der Waals surface area contributed by atoms with Gasteiger partial charge in [-0.05, 0) is 41.6 Å². The van der Waals surface area contributed by atoms with Gasteiger partial charge in [0.25, 0.3) is 0 Å². The van der Waals surface area contributed by atoms with Crippen LogP contribution in [0.3, 0.4) is 0 Å². The van der Waals surface area contributed by atoms with Crippen LogP contribution >= 0.6 is 34.2 Å². The predicted molar refractivity (Wildman–Crippen MR) is 55.3 cm³/mol. The van der Waals surface area contributed by atoms with Gasteiger partial charge in [-0.2, -0.15) is 0 Å². The largest absolute Gasteiger partial charge is 0.490 e. The first-order valence-electron chi connectivity index (χ1n) is 3.42. The summed E-state index contributed by atoms with van der Waals surface area (Å²) in [7, 11) is 0. The van der Waals surface area contributed by atoms with Crippen molar-refractivity contribution in [2.75, 3.05) is 6.61 Å². The summed E-state index contributed by atoms with van der Waals surface area (Å²) in [5.41, 5.74) is 0. The van der Waals surface area contributed by atoms with Crippen molar-refractivity contribution in [1.82, 2.24) is 0 Å². The van der Waals surface area contributed by atoms with E-state index in [2.05, 4.69) is 0 Å². The fourth-order valence-electron chi connectivity index (χ4n) is 0.811.